The number of ether oxygens (including phenoxy) is 1. The van der Waals surface area contributed by atoms with Crippen molar-refractivity contribution in [2.75, 3.05) is 13.2 Å². The lowest BCUT2D eigenvalue weighted by molar-refractivity contribution is 0.309. The monoisotopic (exact) mass is 267 g/mol. The van der Waals surface area contributed by atoms with Gasteiger partial charge in [0.1, 0.15) is 5.75 Å². The van der Waals surface area contributed by atoms with Gasteiger partial charge in [-0.3, -0.25) is 0 Å². The summed E-state index contributed by atoms with van der Waals surface area (Å²) in [7, 11) is 0. The third kappa shape index (κ3) is 5.56. The first-order chi connectivity index (χ1) is 8.80. The number of rotatable bonds is 8. The molecule has 0 aliphatic carbocycles. The highest BCUT2D eigenvalue weighted by Gasteiger charge is 1.98. The van der Waals surface area contributed by atoms with E-state index in [9.17, 15) is 0 Å². The minimum atomic E-state index is 0.529. The topological polar surface area (TPSA) is 35.2 Å². The lowest BCUT2D eigenvalue weighted by Gasteiger charge is -2.07. The van der Waals surface area contributed by atoms with E-state index in [0.29, 0.717) is 6.54 Å². The highest BCUT2D eigenvalue weighted by atomic mass is 35.5. The zero-order valence-electron chi connectivity index (χ0n) is 11.0. The smallest absolute Gasteiger partial charge is 0.119 e. The molecule has 18 heavy (non-hydrogen) atoms. The number of aryl methyl sites for hydroxylation is 1. The second-order valence-corrected chi connectivity index (χ2v) is 4.54. The van der Waals surface area contributed by atoms with E-state index in [1.807, 2.05) is 12.1 Å². The zero-order valence-corrected chi connectivity index (χ0v) is 11.7. The Labute approximate surface area is 115 Å². The molecule has 0 radical (unpaired) electrons. The highest BCUT2D eigenvalue weighted by molar-refractivity contribution is 6.25. The average Bonchev–Trinajstić information content (AvgIpc) is 2.42. The van der Waals surface area contributed by atoms with E-state index in [1.165, 1.54) is 5.56 Å². The Morgan fingerprint density at radius 1 is 1.33 bits per heavy atom. The summed E-state index contributed by atoms with van der Waals surface area (Å²) in [6.07, 6.45) is 4.13. The van der Waals surface area contributed by atoms with Crippen molar-refractivity contribution in [1.29, 1.82) is 0 Å². The largest absolute Gasteiger partial charge is 0.494 e. The fourth-order valence-corrected chi connectivity index (χ4v) is 1.79. The van der Waals surface area contributed by atoms with Gasteiger partial charge in [0.25, 0.3) is 0 Å². The quantitative estimate of drug-likeness (QED) is 0.726. The third-order valence-corrected chi connectivity index (χ3v) is 3.15. The van der Waals surface area contributed by atoms with E-state index >= 15 is 0 Å². The van der Waals surface area contributed by atoms with E-state index in [-0.39, 0.29) is 0 Å². The van der Waals surface area contributed by atoms with Gasteiger partial charge in [-0.25, -0.2) is 0 Å². The molecule has 2 nitrogen and oxygen atoms in total. The molecule has 0 fully saturated rings. The average molecular weight is 268 g/mol. The Balaban J connectivity index is 2.40. The van der Waals surface area contributed by atoms with Crippen LogP contribution in [0.3, 0.4) is 0 Å². The molecule has 0 saturated heterocycles. The molecule has 0 aliphatic rings. The molecule has 0 aromatic heterocycles. The molecule has 0 atom stereocenters. The van der Waals surface area contributed by atoms with Gasteiger partial charge >= 0.3 is 0 Å². The fourth-order valence-electron chi connectivity index (χ4n) is 1.59. The van der Waals surface area contributed by atoms with Gasteiger partial charge in [-0.15, -0.1) is 0 Å². The van der Waals surface area contributed by atoms with Gasteiger partial charge in [-0.05, 0) is 42.5 Å². The molecule has 2 N–H and O–H groups in total. The summed E-state index contributed by atoms with van der Waals surface area (Å²) >= 11 is 5.67. The van der Waals surface area contributed by atoms with Crippen LogP contribution in [-0.4, -0.2) is 13.2 Å². The van der Waals surface area contributed by atoms with E-state index in [1.54, 1.807) is 5.54 Å². The number of hydrogen-bond donors (Lipinski definition) is 1. The first-order valence-corrected chi connectivity index (χ1v) is 6.93. The van der Waals surface area contributed by atoms with Gasteiger partial charge in [0.2, 0.25) is 0 Å². The number of unbranched alkanes of at least 4 members (excludes halogenated alkanes) is 1. The first-order valence-electron chi connectivity index (χ1n) is 6.50. The molecule has 1 aromatic rings. The molecule has 0 spiro atoms. The van der Waals surface area contributed by atoms with Crippen molar-refractivity contribution in [3.8, 4) is 5.75 Å². The molecule has 0 saturated carbocycles. The highest BCUT2D eigenvalue weighted by Crippen LogP contribution is 2.15. The molecule has 0 heterocycles. The summed E-state index contributed by atoms with van der Waals surface area (Å²) in [5, 5.41) is 0. The minimum absolute atomic E-state index is 0.529. The van der Waals surface area contributed by atoms with Crippen molar-refractivity contribution < 1.29 is 4.74 Å². The Morgan fingerprint density at radius 2 is 2.06 bits per heavy atom. The predicted molar refractivity (Wildman–Crippen MR) is 78.2 cm³/mol. The van der Waals surface area contributed by atoms with Crippen molar-refractivity contribution >= 4 is 11.6 Å². The van der Waals surface area contributed by atoms with Crippen LogP contribution in [0.2, 0.25) is 0 Å². The van der Waals surface area contributed by atoms with E-state index in [4.69, 9.17) is 22.1 Å². The molecular formula is C15H22ClNO. The summed E-state index contributed by atoms with van der Waals surface area (Å²) < 4.78 is 5.62. The van der Waals surface area contributed by atoms with E-state index < -0.39 is 0 Å². The number of halogens is 1. The van der Waals surface area contributed by atoms with Gasteiger partial charge in [0.15, 0.2) is 0 Å². The van der Waals surface area contributed by atoms with Gasteiger partial charge in [-0.1, -0.05) is 37.1 Å². The molecular weight excluding hydrogens is 246 g/mol. The van der Waals surface area contributed by atoms with Crippen molar-refractivity contribution in [3.63, 3.8) is 0 Å². The van der Waals surface area contributed by atoms with Crippen LogP contribution in [0.5, 0.6) is 5.75 Å². The van der Waals surface area contributed by atoms with Crippen LogP contribution in [0.4, 0.5) is 0 Å². The summed E-state index contributed by atoms with van der Waals surface area (Å²) in [5.74, 6) is 0.944. The molecule has 0 bridgehead atoms. The Bertz CT molecular complexity index is 359. The van der Waals surface area contributed by atoms with Crippen molar-refractivity contribution in [2.24, 2.45) is 5.73 Å². The predicted octanol–water partition coefficient (Wildman–Crippen LogP) is 3.88. The van der Waals surface area contributed by atoms with E-state index in [2.05, 4.69) is 19.1 Å². The van der Waals surface area contributed by atoms with Gasteiger partial charge in [0.05, 0.1) is 6.61 Å². The summed E-state index contributed by atoms with van der Waals surface area (Å²) in [5.41, 5.74) is 9.52. The van der Waals surface area contributed by atoms with Crippen LogP contribution in [0.15, 0.2) is 35.4 Å². The third-order valence-electron chi connectivity index (χ3n) is 2.84. The molecule has 1 aromatic carbocycles. The standard InChI is InChI=1S/C15H22ClNO/c1-2-3-10-18-15-8-6-13(7-9-15)4-5-14(11-16)12-17/h6-9,11H,2-5,10,12,17H2,1H3/b14-11+. The second kappa shape index (κ2) is 9.01. The second-order valence-electron chi connectivity index (χ2n) is 4.32. The Hall–Kier alpha value is -0.990. The fraction of sp³-hybridized carbons (Fsp3) is 0.467. The molecule has 100 valence electrons. The summed E-state index contributed by atoms with van der Waals surface area (Å²) in [6, 6.07) is 8.25. The van der Waals surface area contributed by atoms with Crippen LogP contribution < -0.4 is 10.5 Å². The normalized spacial score (nSPS) is 11.6. The van der Waals surface area contributed by atoms with Crippen molar-refractivity contribution in [2.45, 2.75) is 32.6 Å². The lowest BCUT2D eigenvalue weighted by atomic mass is 10.1. The Kier molecular flexibility index (Phi) is 7.54. The Morgan fingerprint density at radius 3 is 2.61 bits per heavy atom. The molecule has 0 unspecified atom stereocenters. The van der Waals surface area contributed by atoms with Crippen LogP contribution >= 0.6 is 11.6 Å². The maximum atomic E-state index is 5.67. The number of hydrogen-bond acceptors (Lipinski definition) is 2. The van der Waals surface area contributed by atoms with Crippen molar-refractivity contribution in [1.82, 2.24) is 0 Å². The first kappa shape index (κ1) is 15.1. The molecule has 0 aliphatic heterocycles. The number of nitrogens with two attached hydrogens (primary N) is 1. The SMILES string of the molecule is CCCCOc1ccc(CC/C(=C\Cl)CN)cc1. The van der Waals surface area contributed by atoms with Gasteiger partial charge < -0.3 is 10.5 Å². The lowest BCUT2D eigenvalue weighted by Crippen LogP contribution is -2.03. The van der Waals surface area contributed by atoms with E-state index in [0.717, 1.165) is 43.6 Å². The molecule has 1 rings (SSSR count). The summed E-state index contributed by atoms with van der Waals surface area (Å²) in [4.78, 5) is 0. The maximum absolute atomic E-state index is 5.67. The molecule has 0 amide bonds. The number of benzene rings is 1. The van der Waals surface area contributed by atoms with Crippen LogP contribution in [0.25, 0.3) is 0 Å². The summed E-state index contributed by atoms with van der Waals surface area (Å²) in [6.45, 7) is 3.48. The van der Waals surface area contributed by atoms with Crippen LogP contribution in [-0.2, 0) is 6.42 Å². The van der Waals surface area contributed by atoms with Crippen LogP contribution in [0.1, 0.15) is 31.7 Å². The van der Waals surface area contributed by atoms with Crippen molar-refractivity contribution in [3.05, 3.63) is 40.9 Å². The minimum Gasteiger partial charge on any atom is -0.494 e. The van der Waals surface area contributed by atoms with Gasteiger partial charge in [0, 0.05) is 12.1 Å². The van der Waals surface area contributed by atoms with Crippen LogP contribution in [0, 0.1) is 0 Å². The maximum Gasteiger partial charge on any atom is 0.119 e. The molecule has 3 heteroatoms. The zero-order chi connectivity index (χ0) is 13.2. The van der Waals surface area contributed by atoms with Gasteiger partial charge in [-0.2, -0.15) is 0 Å².